The third-order valence-electron chi connectivity index (χ3n) is 5.17. The highest BCUT2D eigenvalue weighted by Crippen LogP contribution is 2.32. The predicted octanol–water partition coefficient (Wildman–Crippen LogP) is 3.03. The zero-order valence-electron chi connectivity index (χ0n) is 16.8. The zero-order valence-corrected chi connectivity index (χ0v) is 17.6. The molecule has 1 saturated heterocycles. The number of hydrogen-bond donors (Lipinski definition) is 2. The number of hydrogen-bond acceptors (Lipinski definition) is 6. The van der Waals surface area contributed by atoms with Gasteiger partial charge in [0.1, 0.15) is 11.4 Å². The molecule has 2 aromatic carbocycles. The fraction of sp³-hybridized carbons (Fsp3) is 0.381. The molecule has 162 valence electrons. The molecule has 3 rings (SSSR count). The molecule has 2 atom stereocenters. The number of amides is 1. The summed E-state index contributed by atoms with van der Waals surface area (Å²) in [5.74, 6) is 0.647. The molecule has 2 aromatic rings. The first-order chi connectivity index (χ1) is 14.0. The van der Waals surface area contributed by atoms with Crippen LogP contribution in [0.3, 0.4) is 0 Å². The van der Waals surface area contributed by atoms with E-state index in [2.05, 4.69) is 17.4 Å². The smallest absolute Gasteiger partial charge is 0.296 e. The van der Waals surface area contributed by atoms with Crippen LogP contribution in [0.2, 0.25) is 0 Å². The van der Waals surface area contributed by atoms with Gasteiger partial charge in [0, 0.05) is 19.0 Å². The monoisotopic (exact) mass is 434 g/mol. The van der Waals surface area contributed by atoms with E-state index in [1.54, 1.807) is 13.0 Å². The van der Waals surface area contributed by atoms with Gasteiger partial charge in [0.15, 0.2) is 0 Å². The lowest BCUT2D eigenvalue weighted by molar-refractivity contribution is -0.384. The number of nitro benzene ring substituents is 1. The second-order valence-electron chi connectivity index (χ2n) is 7.12. The van der Waals surface area contributed by atoms with Crippen LogP contribution in [0, 0.1) is 16.0 Å². The molecule has 0 aromatic heterocycles. The van der Waals surface area contributed by atoms with Crippen LogP contribution in [-0.4, -0.2) is 48.5 Å². The number of nitrogens with one attached hydrogen (secondary N) is 1. The van der Waals surface area contributed by atoms with Crippen LogP contribution in [-0.2, 0) is 4.79 Å². The van der Waals surface area contributed by atoms with Crippen molar-refractivity contribution in [2.24, 2.45) is 11.7 Å². The number of halogens is 1. The van der Waals surface area contributed by atoms with Crippen molar-refractivity contribution in [1.82, 2.24) is 4.90 Å². The summed E-state index contributed by atoms with van der Waals surface area (Å²) in [6.45, 7) is 4.35. The van der Waals surface area contributed by atoms with Crippen LogP contribution < -0.4 is 15.8 Å². The van der Waals surface area contributed by atoms with Gasteiger partial charge in [0.25, 0.3) is 5.69 Å². The summed E-state index contributed by atoms with van der Waals surface area (Å²) in [4.78, 5) is 25.4. The molecule has 30 heavy (non-hydrogen) atoms. The van der Waals surface area contributed by atoms with Gasteiger partial charge in [-0.2, -0.15) is 0 Å². The van der Waals surface area contributed by atoms with Crippen molar-refractivity contribution in [2.75, 3.05) is 38.1 Å². The number of nitro groups is 1. The first-order valence-corrected chi connectivity index (χ1v) is 9.70. The molecule has 0 aliphatic carbocycles. The van der Waals surface area contributed by atoms with Crippen LogP contribution in [0.15, 0.2) is 48.5 Å². The number of rotatable bonds is 8. The molecule has 8 nitrogen and oxygen atoms in total. The van der Waals surface area contributed by atoms with E-state index >= 15 is 0 Å². The lowest BCUT2D eigenvalue weighted by Crippen LogP contribution is -2.32. The first-order valence-electron chi connectivity index (χ1n) is 9.70. The molecule has 1 heterocycles. The Labute approximate surface area is 181 Å². The number of likely N-dealkylation sites (tertiary alicyclic amines) is 1. The van der Waals surface area contributed by atoms with Crippen molar-refractivity contribution in [3.63, 3.8) is 0 Å². The molecule has 0 radical (unpaired) electrons. The van der Waals surface area contributed by atoms with E-state index in [4.69, 9.17) is 10.5 Å². The van der Waals surface area contributed by atoms with Crippen molar-refractivity contribution in [3.05, 3.63) is 64.2 Å². The fourth-order valence-corrected chi connectivity index (χ4v) is 3.82. The Bertz CT molecular complexity index is 865. The Balaban J connectivity index is 0.00000320. The zero-order chi connectivity index (χ0) is 20.8. The summed E-state index contributed by atoms with van der Waals surface area (Å²) in [7, 11) is 0. The first kappa shape index (κ1) is 23.6. The number of ether oxygens (including phenoxy) is 1. The Hall–Kier alpha value is -2.68. The topological polar surface area (TPSA) is 111 Å². The molecule has 1 amide bonds. The molecule has 1 aliphatic heterocycles. The summed E-state index contributed by atoms with van der Waals surface area (Å²) in [5, 5.41) is 14.0. The third kappa shape index (κ3) is 5.69. The van der Waals surface area contributed by atoms with Crippen LogP contribution in [0.1, 0.15) is 18.4 Å². The van der Waals surface area contributed by atoms with Crippen molar-refractivity contribution >= 4 is 29.7 Å². The van der Waals surface area contributed by atoms with Crippen LogP contribution in [0.4, 0.5) is 11.4 Å². The van der Waals surface area contributed by atoms with Gasteiger partial charge in [-0.05, 0) is 37.1 Å². The van der Waals surface area contributed by atoms with Crippen molar-refractivity contribution in [1.29, 1.82) is 0 Å². The Morgan fingerprint density at radius 2 is 2.00 bits per heavy atom. The molecule has 9 heteroatoms. The second-order valence-corrected chi connectivity index (χ2v) is 7.12. The van der Waals surface area contributed by atoms with Gasteiger partial charge in [-0.3, -0.25) is 19.8 Å². The van der Waals surface area contributed by atoms with Crippen molar-refractivity contribution in [3.8, 4) is 5.75 Å². The summed E-state index contributed by atoms with van der Waals surface area (Å²) in [6, 6.07) is 14.6. The standard InChI is InChI=1S/C21H26N4O4.ClH/c1-2-29-17-8-9-19(20(10-17)25(27)28)23-21(26)14-24-12-16(11-22)18(13-24)15-6-4-3-5-7-15;/h3-10,16,18H,2,11-14,22H2,1H3,(H,23,26);1H/t16-,18+;/m1./s1. The van der Waals surface area contributed by atoms with E-state index in [0.29, 0.717) is 18.9 Å². The Morgan fingerprint density at radius 3 is 2.63 bits per heavy atom. The molecular formula is C21H27ClN4O4. The van der Waals surface area contributed by atoms with E-state index in [1.807, 2.05) is 23.1 Å². The Kier molecular flexibility index (Phi) is 8.58. The molecule has 0 unspecified atom stereocenters. The van der Waals surface area contributed by atoms with Crippen LogP contribution in [0.25, 0.3) is 0 Å². The summed E-state index contributed by atoms with van der Waals surface area (Å²) in [5.41, 5.74) is 7.15. The highest BCUT2D eigenvalue weighted by Gasteiger charge is 2.33. The molecule has 0 spiro atoms. The quantitative estimate of drug-likeness (QED) is 0.488. The number of benzene rings is 2. The maximum atomic E-state index is 12.6. The van der Waals surface area contributed by atoms with Gasteiger partial charge >= 0.3 is 0 Å². The largest absolute Gasteiger partial charge is 0.494 e. The SMILES string of the molecule is CCOc1ccc(NC(=O)CN2C[C@@H](CN)[C@H](c3ccccc3)C2)c([N+](=O)[O-])c1.Cl. The lowest BCUT2D eigenvalue weighted by atomic mass is 9.89. The number of carbonyl (C=O) groups is 1. The van der Waals surface area contributed by atoms with Crippen molar-refractivity contribution in [2.45, 2.75) is 12.8 Å². The highest BCUT2D eigenvalue weighted by molar-refractivity contribution is 5.94. The number of carbonyl (C=O) groups excluding carboxylic acids is 1. The number of nitrogens with two attached hydrogens (primary N) is 1. The molecule has 1 aliphatic rings. The second kappa shape index (κ2) is 10.9. The summed E-state index contributed by atoms with van der Waals surface area (Å²) < 4.78 is 5.31. The molecule has 3 N–H and O–H groups in total. The van der Waals surface area contributed by atoms with Gasteiger partial charge < -0.3 is 15.8 Å². The number of anilines is 1. The maximum Gasteiger partial charge on any atom is 0.296 e. The average molecular weight is 435 g/mol. The average Bonchev–Trinajstić information content (AvgIpc) is 3.12. The van der Waals surface area contributed by atoms with Gasteiger partial charge in [-0.25, -0.2) is 0 Å². The number of nitrogens with zero attached hydrogens (tertiary/aromatic N) is 2. The normalized spacial score (nSPS) is 18.5. The third-order valence-corrected chi connectivity index (χ3v) is 5.17. The maximum absolute atomic E-state index is 12.6. The Morgan fingerprint density at radius 1 is 1.27 bits per heavy atom. The van der Waals surface area contributed by atoms with E-state index in [9.17, 15) is 14.9 Å². The fourth-order valence-electron chi connectivity index (χ4n) is 3.82. The van der Waals surface area contributed by atoms with E-state index in [-0.39, 0.29) is 48.1 Å². The van der Waals surface area contributed by atoms with E-state index < -0.39 is 4.92 Å². The molecular weight excluding hydrogens is 408 g/mol. The summed E-state index contributed by atoms with van der Waals surface area (Å²) >= 11 is 0. The van der Waals surface area contributed by atoms with Gasteiger partial charge in [0.05, 0.1) is 24.1 Å². The lowest BCUT2D eigenvalue weighted by Gasteiger charge is -2.16. The van der Waals surface area contributed by atoms with Gasteiger partial charge in [-0.1, -0.05) is 30.3 Å². The molecule has 0 saturated carbocycles. The minimum absolute atomic E-state index is 0. The predicted molar refractivity (Wildman–Crippen MR) is 118 cm³/mol. The summed E-state index contributed by atoms with van der Waals surface area (Å²) in [6.07, 6.45) is 0. The van der Waals surface area contributed by atoms with E-state index in [0.717, 1.165) is 13.1 Å². The minimum Gasteiger partial charge on any atom is -0.494 e. The molecule has 0 bridgehead atoms. The van der Waals surface area contributed by atoms with Gasteiger partial charge in [-0.15, -0.1) is 12.4 Å². The molecule has 1 fully saturated rings. The van der Waals surface area contributed by atoms with Crippen LogP contribution in [0.5, 0.6) is 5.75 Å². The highest BCUT2D eigenvalue weighted by atomic mass is 35.5. The van der Waals surface area contributed by atoms with Crippen LogP contribution >= 0.6 is 12.4 Å². The van der Waals surface area contributed by atoms with Crippen molar-refractivity contribution < 1.29 is 14.5 Å². The van der Waals surface area contributed by atoms with E-state index in [1.165, 1.54) is 17.7 Å². The van der Waals surface area contributed by atoms with Gasteiger partial charge in [0.2, 0.25) is 5.91 Å². The minimum atomic E-state index is -0.524.